The molecular formula is C26H29N3O4S. The molecule has 0 spiro atoms. The van der Waals surface area contributed by atoms with Crippen LogP contribution in [0.15, 0.2) is 53.9 Å². The maximum Gasteiger partial charge on any atom is 0.329 e. The number of para-hydroxylation sites is 1. The predicted octanol–water partition coefficient (Wildman–Crippen LogP) is 4.44. The minimum absolute atomic E-state index is 0.0296. The molecule has 0 aliphatic carbocycles. The second-order valence-corrected chi connectivity index (χ2v) is 9.33. The highest BCUT2D eigenvalue weighted by molar-refractivity contribution is 7.09. The number of carbonyl (C=O) groups excluding carboxylic acids is 3. The van der Waals surface area contributed by atoms with Gasteiger partial charge in [0.15, 0.2) is 0 Å². The Labute approximate surface area is 203 Å². The van der Waals surface area contributed by atoms with Crippen LogP contribution in [0.3, 0.4) is 0 Å². The van der Waals surface area contributed by atoms with Gasteiger partial charge in [-0.05, 0) is 43.0 Å². The van der Waals surface area contributed by atoms with Crippen LogP contribution in [-0.2, 0) is 27.4 Å². The van der Waals surface area contributed by atoms with E-state index in [0.717, 1.165) is 16.8 Å². The summed E-state index contributed by atoms with van der Waals surface area (Å²) in [6.07, 6.45) is 0.133. The van der Waals surface area contributed by atoms with Gasteiger partial charge in [-0.25, -0.2) is 9.78 Å². The lowest BCUT2D eigenvalue weighted by molar-refractivity contribution is -0.148. The molecule has 0 aliphatic heterocycles. The molecule has 2 aromatic carbocycles. The molecule has 7 nitrogen and oxygen atoms in total. The van der Waals surface area contributed by atoms with Crippen LogP contribution >= 0.6 is 11.3 Å². The highest BCUT2D eigenvalue weighted by atomic mass is 32.1. The molecule has 0 saturated heterocycles. The van der Waals surface area contributed by atoms with Gasteiger partial charge in [0.05, 0.1) is 12.1 Å². The first-order valence-corrected chi connectivity index (χ1v) is 11.9. The molecule has 0 aliphatic rings. The first-order chi connectivity index (χ1) is 16.2. The summed E-state index contributed by atoms with van der Waals surface area (Å²) in [7, 11) is 0. The number of esters is 1. The Morgan fingerprint density at radius 1 is 1.00 bits per heavy atom. The van der Waals surface area contributed by atoms with E-state index < -0.39 is 12.0 Å². The lowest BCUT2D eigenvalue weighted by Gasteiger charge is -2.21. The van der Waals surface area contributed by atoms with Crippen molar-refractivity contribution in [2.75, 3.05) is 5.32 Å². The zero-order valence-electron chi connectivity index (χ0n) is 19.8. The molecule has 2 N–H and O–H groups in total. The summed E-state index contributed by atoms with van der Waals surface area (Å²) < 4.78 is 5.44. The zero-order chi connectivity index (χ0) is 24.7. The number of rotatable bonds is 9. The van der Waals surface area contributed by atoms with Gasteiger partial charge < -0.3 is 15.4 Å². The second-order valence-electron chi connectivity index (χ2n) is 8.39. The van der Waals surface area contributed by atoms with Gasteiger partial charge in [0.2, 0.25) is 5.91 Å². The number of aromatic nitrogens is 1. The Balaban J connectivity index is 1.54. The Kier molecular flexibility index (Phi) is 8.54. The molecule has 0 bridgehead atoms. The largest absolute Gasteiger partial charge is 0.458 e. The van der Waals surface area contributed by atoms with Gasteiger partial charge in [0.1, 0.15) is 17.7 Å². The summed E-state index contributed by atoms with van der Waals surface area (Å²) in [5.74, 6) is -1.16. The molecule has 2 amide bonds. The summed E-state index contributed by atoms with van der Waals surface area (Å²) in [4.78, 5) is 42.1. The smallest absolute Gasteiger partial charge is 0.329 e. The molecule has 1 atom stereocenters. The third-order valence-electron chi connectivity index (χ3n) is 5.29. The van der Waals surface area contributed by atoms with E-state index >= 15 is 0 Å². The fourth-order valence-corrected chi connectivity index (χ4v) is 4.10. The number of nitrogens with zero attached hydrogens (tertiary/aromatic N) is 1. The maximum atomic E-state index is 12.7. The summed E-state index contributed by atoms with van der Waals surface area (Å²) in [6, 6.07) is 14.0. The molecule has 34 heavy (non-hydrogen) atoms. The van der Waals surface area contributed by atoms with Crippen molar-refractivity contribution in [2.45, 2.75) is 46.8 Å². The highest BCUT2D eigenvalue weighted by Gasteiger charge is 2.27. The van der Waals surface area contributed by atoms with Crippen molar-refractivity contribution in [1.29, 1.82) is 0 Å². The topological polar surface area (TPSA) is 97.4 Å². The molecule has 1 heterocycles. The number of amides is 2. The van der Waals surface area contributed by atoms with Crippen LogP contribution < -0.4 is 10.6 Å². The Bertz CT molecular complexity index is 1170. The fourth-order valence-electron chi connectivity index (χ4n) is 3.32. The van der Waals surface area contributed by atoms with E-state index in [2.05, 4.69) is 15.6 Å². The van der Waals surface area contributed by atoms with Crippen LogP contribution in [-0.4, -0.2) is 28.8 Å². The summed E-state index contributed by atoms with van der Waals surface area (Å²) in [5, 5.41) is 8.06. The standard InChI is InChI=1S/C26H29N3O4S/c1-16(2)24(29-25(31)20-11-7-5-9-17(20)3)26(32)33-14-19-15-34-23(27-19)13-22(30)28-21-12-8-6-10-18(21)4/h5-12,15-16,24H,13-14H2,1-4H3,(H,28,30)(H,29,31)/t24-/m0/s1. The Morgan fingerprint density at radius 3 is 2.35 bits per heavy atom. The van der Waals surface area contributed by atoms with Gasteiger partial charge in [-0.2, -0.15) is 0 Å². The lowest BCUT2D eigenvalue weighted by atomic mass is 10.0. The third kappa shape index (κ3) is 6.74. The molecule has 178 valence electrons. The van der Waals surface area contributed by atoms with Crippen LogP contribution in [0.5, 0.6) is 0 Å². The van der Waals surface area contributed by atoms with Crippen LogP contribution in [0.1, 0.15) is 46.0 Å². The molecule has 1 aromatic heterocycles. The van der Waals surface area contributed by atoms with Crippen molar-refractivity contribution in [3.05, 3.63) is 81.3 Å². The van der Waals surface area contributed by atoms with E-state index in [-0.39, 0.29) is 30.8 Å². The molecule has 8 heteroatoms. The number of ether oxygens (including phenoxy) is 1. The van der Waals surface area contributed by atoms with E-state index in [1.54, 1.807) is 17.5 Å². The molecule has 0 fully saturated rings. The number of thiazole rings is 1. The van der Waals surface area contributed by atoms with Crippen LogP contribution in [0, 0.1) is 19.8 Å². The number of carbonyl (C=O) groups is 3. The van der Waals surface area contributed by atoms with E-state index in [4.69, 9.17) is 4.74 Å². The summed E-state index contributed by atoms with van der Waals surface area (Å²) in [6.45, 7) is 7.44. The second kappa shape index (κ2) is 11.6. The first kappa shape index (κ1) is 25.1. The van der Waals surface area contributed by atoms with Gasteiger partial charge in [-0.1, -0.05) is 50.2 Å². The number of aryl methyl sites for hydroxylation is 2. The Hall–Kier alpha value is -3.52. The predicted molar refractivity (Wildman–Crippen MR) is 133 cm³/mol. The number of hydrogen-bond acceptors (Lipinski definition) is 6. The van der Waals surface area contributed by atoms with Gasteiger partial charge in [0, 0.05) is 16.6 Å². The van der Waals surface area contributed by atoms with Crippen molar-refractivity contribution < 1.29 is 19.1 Å². The average molecular weight is 480 g/mol. The number of hydrogen-bond donors (Lipinski definition) is 2. The minimum Gasteiger partial charge on any atom is -0.458 e. The quantitative estimate of drug-likeness (QED) is 0.442. The third-order valence-corrected chi connectivity index (χ3v) is 6.19. The van der Waals surface area contributed by atoms with Gasteiger partial charge in [-0.3, -0.25) is 9.59 Å². The van der Waals surface area contributed by atoms with Gasteiger partial charge in [0.25, 0.3) is 5.91 Å². The van der Waals surface area contributed by atoms with Gasteiger partial charge >= 0.3 is 5.97 Å². The van der Waals surface area contributed by atoms with Crippen molar-refractivity contribution in [1.82, 2.24) is 10.3 Å². The average Bonchev–Trinajstić information content (AvgIpc) is 3.24. The first-order valence-electron chi connectivity index (χ1n) is 11.1. The number of benzene rings is 2. The molecule has 0 saturated carbocycles. The molecule has 3 rings (SSSR count). The molecule has 0 radical (unpaired) electrons. The van der Waals surface area contributed by atoms with E-state index in [0.29, 0.717) is 16.3 Å². The highest BCUT2D eigenvalue weighted by Crippen LogP contribution is 2.16. The lowest BCUT2D eigenvalue weighted by Crippen LogP contribution is -2.45. The number of nitrogens with one attached hydrogen (secondary N) is 2. The van der Waals surface area contributed by atoms with Crippen molar-refractivity contribution in [3.63, 3.8) is 0 Å². The van der Waals surface area contributed by atoms with Crippen LogP contribution in [0.4, 0.5) is 5.69 Å². The zero-order valence-corrected chi connectivity index (χ0v) is 20.6. The van der Waals surface area contributed by atoms with Crippen molar-refractivity contribution in [3.8, 4) is 0 Å². The SMILES string of the molecule is Cc1ccccc1NC(=O)Cc1nc(COC(=O)[C@@H](NC(=O)c2ccccc2C)C(C)C)cs1. The normalized spacial score (nSPS) is 11.7. The van der Waals surface area contributed by atoms with Crippen LogP contribution in [0.2, 0.25) is 0 Å². The monoisotopic (exact) mass is 479 g/mol. The van der Waals surface area contributed by atoms with Crippen LogP contribution in [0.25, 0.3) is 0 Å². The fraction of sp³-hybridized carbons (Fsp3) is 0.308. The van der Waals surface area contributed by atoms with Crippen molar-refractivity contribution >= 4 is 34.8 Å². The van der Waals surface area contributed by atoms with Gasteiger partial charge in [-0.15, -0.1) is 11.3 Å². The molecule has 3 aromatic rings. The molecular weight excluding hydrogens is 450 g/mol. The summed E-state index contributed by atoms with van der Waals surface area (Å²) in [5.41, 5.74) is 3.67. The van der Waals surface area contributed by atoms with Crippen molar-refractivity contribution in [2.24, 2.45) is 5.92 Å². The summed E-state index contributed by atoms with van der Waals surface area (Å²) >= 11 is 1.34. The minimum atomic E-state index is -0.787. The van der Waals surface area contributed by atoms with E-state index in [9.17, 15) is 14.4 Å². The number of anilines is 1. The van der Waals surface area contributed by atoms with E-state index in [1.807, 2.05) is 64.1 Å². The van der Waals surface area contributed by atoms with E-state index in [1.165, 1.54) is 11.3 Å². The maximum absolute atomic E-state index is 12.7. The molecule has 0 unspecified atom stereocenters. The Morgan fingerprint density at radius 2 is 1.68 bits per heavy atom.